The monoisotopic (exact) mass is 256 g/mol. The molecule has 0 heterocycles. The Labute approximate surface area is 106 Å². The third kappa shape index (κ3) is 4.31. The van der Waals surface area contributed by atoms with Crippen molar-refractivity contribution >= 4 is 11.6 Å². The summed E-state index contributed by atoms with van der Waals surface area (Å²) in [5.74, 6) is -0.210. The molecule has 0 fully saturated rings. The van der Waals surface area contributed by atoms with Crippen molar-refractivity contribution in [1.29, 1.82) is 0 Å². The lowest BCUT2D eigenvalue weighted by molar-refractivity contribution is 0.0943. The standard InChI is InChI=1S/C13H18F2N2O/c1-8(2)16-13(18)10-5-4-6-11(7-10)17-9(3)12(14)15/h4-9,12,17H,1-3H3,(H,16,18). The van der Waals surface area contributed by atoms with Crippen LogP contribution in [-0.2, 0) is 0 Å². The van der Waals surface area contributed by atoms with Gasteiger partial charge >= 0.3 is 0 Å². The average Bonchev–Trinajstić information content (AvgIpc) is 2.28. The molecule has 1 aromatic rings. The van der Waals surface area contributed by atoms with Crippen LogP contribution in [0.15, 0.2) is 24.3 Å². The summed E-state index contributed by atoms with van der Waals surface area (Å²) >= 11 is 0. The number of anilines is 1. The molecule has 0 saturated heterocycles. The van der Waals surface area contributed by atoms with Crippen molar-refractivity contribution in [3.8, 4) is 0 Å². The van der Waals surface area contributed by atoms with Crippen molar-refractivity contribution in [1.82, 2.24) is 5.32 Å². The molecule has 1 atom stereocenters. The van der Waals surface area contributed by atoms with Gasteiger partial charge in [0.2, 0.25) is 0 Å². The van der Waals surface area contributed by atoms with Gasteiger partial charge in [0, 0.05) is 17.3 Å². The normalized spacial score (nSPS) is 12.6. The largest absolute Gasteiger partial charge is 0.377 e. The fourth-order valence-corrected chi connectivity index (χ4v) is 1.42. The molecule has 3 nitrogen and oxygen atoms in total. The van der Waals surface area contributed by atoms with Gasteiger partial charge in [-0.3, -0.25) is 4.79 Å². The third-order valence-electron chi connectivity index (χ3n) is 2.32. The van der Waals surface area contributed by atoms with E-state index < -0.39 is 12.5 Å². The second kappa shape index (κ2) is 6.33. The lowest BCUT2D eigenvalue weighted by atomic mass is 10.1. The Morgan fingerprint density at radius 1 is 1.22 bits per heavy atom. The zero-order valence-corrected chi connectivity index (χ0v) is 10.7. The van der Waals surface area contributed by atoms with E-state index in [9.17, 15) is 13.6 Å². The summed E-state index contributed by atoms with van der Waals surface area (Å²) in [7, 11) is 0. The number of hydrogen-bond acceptors (Lipinski definition) is 2. The number of halogens is 2. The van der Waals surface area contributed by atoms with Gasteiger partial charge in [0.05, 0.1) is 6.04 Å². The number of rotatable bonds is 5. The molecule has 0 aromatic heterocycles. The fraction of sp³-hybridized carbons (Fsp3) is 0.462. The predicted octanol–water partition coefficient (Wildman–Crippen LogP) is 2.89. The van der Waals surface area contributed by atoms with Crippen LogP contribution in [0.3, 0.4) is 0 Å². The van der Waals surface area contributed by atoms with Crippen molar-refractivity contribution in [2.75, 3.05) is 5.32 Å². The van der Waals surface area contributed by atoms with E-state index in [0.717, 1.165) is 0 Å². The Morgan fingerprint density at radius 3 is 2.44 bits per heavy atom. The number of hydrogen-bond donors (Lipinski definition) is 2. The maximum Gasteiger partial charge on any atom is 0.258 e. The highest BCUT2D eigenvalue weighted by atomic mass is 19.3. The molecular weight excluding hydrogens is 238 g/mol. The third-order valence-corrected chi connectivity index (χ3v) is 2.32. The van der Waals surface area contributed by atoms with Crippen molar-refractivity contribution < 1.29 is 13.6 Å². The van der Waals surface area contributed by atoms with Gasteiger partial charge in [0.25, 0.3) is 12.3 Å². The number of amides is 1. The SMILES string of the molecule is CC(C)NC(=O)c1cccc(NC(C)C(F)F)c1. The molecule has 0 aliphatic heterocycles. The van der Waals surface area contributed by atoms with Gasteiger partial charge in [-0.05, 0) is 39.0 Å². The molecule has 1 unspecified atom stereocenters. The average molecular weight is 256 g/mol. The number of alkyl halides is 2. The Morgan fingerprint density at radius 2 is 1.89 bits per heavy atom. The van der Waals surface area contributed by atoms with Crippen LogP contribution in [0.4, 0.5) is 14.5 Å². The fourth-order valence-electron chi connectivity index (χ4n) is 1.42. The maximum absolute atomic E-state index is 12.4. The molecule has 1 amide bonds. The van der Waals surface area contributed by atoms with Crippen LogP contribution in [-0.4, -0.2) is 24.4 Å². The molecular formula is C13H18F2N2O. The summed E-state index contributed by atoms with van der Waals surface area (Å²) in [6.45, 7) is 5.11. The second-order valence-electron chi connectivity index (χ2n) is 4.48. The molecule has 18 heavy (non-hydrogen) atoms. The van der Waals surface area contributed by atoms with Crippen LogP contribution in [0.2, 0.25) is 0 Å². The zero-order valence-electron chi connectivity index (χ0n) is 10.7. The van der Waals surface area contributed by atoms with E-state index in [-0.39, 0.29) is 11.9 Å². The number of carbonyl (C=O) groups is 1. The second-order valence-corrected chi connectivity index (χ2v) is 4.48. The molecule has 0 radical (unpaired) electrons. The van der Waals surface area contributed by atoms with Gasteiger partial charge in [-0.2, -0.15) is 0 Å². The molecule has 0 aliphatic rings. The first-order chi connectivity index (χ1) is 8.40. The highest BCUT2D eigenvalue weighted by Crippen LogP contribution is 2.14. The Balaban J connectivity index is 2.76. The van der Waals surface area contributed by atoms with E-state index >= 15 is 0 Å². The van der Waals surface area contributed by atoms with E-state index in [1.807, 2.05) is 13.8 Å². The highest BCUT2D eigenvalue weighted by Gasteiger charge is 2.14. The van der Waals surface area contributed by atoms with Gasteiger partial charge in [-0.25, -0.2) is 8.78 Å². The van der Waals surface area contributed by atoms with Gasteiger partial charge in [0.15, 0.2) is 0 Å². The van der Waals surface area contributed by atoms with E-state index in [0.29, 0.717) is 11.3 Å². The minimum absolute atomic E-state index is 0.0362. The zero-order chi connectivity index (χ0) is 13.7. The van der Waals surface area contributed by atoms with Gasteiger partial charge in [-0.15, -0.1) is 0 Å². The van der Waals surface area contributed by atoms with Crippen LogP contribution in [0.5, 0.6) is 0 Å². The Bertz CT molecular complexity index is 408. The molecule has 100 valence electrons. The van der Waals surface area contributed by atoms with E-state index in [1.165, 1.54) is 6.92 Å². The summed E-state index contributed by atoms with van der Waals surface area (Å²) in [6, 6.07) is 5.62. The molecule has 0 saturated carbocycles. The lowest BCUT2D eigenvalue weighted by Crippen LogP contribution is -2.30. The summed E-state index contributed by atoms with van der Waals surface area (Å²) in [4.78, 5) is 11.7. The van der Waals surface area contributed by atoms with E-state index in [1.54, 1.807) is 24.3 Å². The maximum atomic E-state index is 12.4. The van der Waals surface area contributed by atoms with Crippen LogP contribution < -0.4 is 10.6 Å². The van der Waals surface area contributed by atoms with Crippen molar-refractivity contribution in [2.24, 2.45) is 0 Å². The van der Waals surface area contributed by atoms with E-state index in [4.69, 9.17) is 0 Å². The Kier molecular flexibility index (Phi) is 5.07. The summed E-state index contributed by atoms with van der Waals surface area (Å²) in [6.07, 6.45) is -2.45. The summed E-state index contributed by atoms with van der Waals surface area (Å²) in [5.41, 5.74) is 0.967. The van der Waals surface area contributed by atoms with Crippen LogP contribution in [0, 0.1) is 0 Å². The van der Waals surface area contributed by atoms with Crippen LogP contribution in [0.1, 0.15) is 31.1 Å². The quantitative estimate of drug-likeness (QED) is 0.850. The molecule has 0 aliphatic carbocycles. The van der Waals surface area contributed by atoms with Gasteiger partial charge in [-0.1, -0.05) is 6.07 Å². The van der Waals surface area contributed by atoms with Crippen molar-refractivity contribution in [2.45, 2.75) is 39.3 Å². The number of nitrogens with one attached hydrogen (secondary N) is 2. The first-order valence-corrected chi connectivity index (χ1v) is 5.85. The first-order valence-electron chi connectivity index (χ1n) is 5.85. The first kappa shape index (κ1) is 14.4. The topological polar surface area (TPSA) is 41.1 Å². The molecule has 5 heteroatoms. The predicted molar refractivity (Wildman–Crippen MR) is 68.1 cm³/mol. The lowest BCUT2D eigenvalue weighted by Gasteiger charge is -2.15. The molecule has 1 rings (SSSR count). The molecule has 2 N–H and O–H groups in total. The number of carbonyl (C=O) groups excluding carboxylic acids is 1. The van der Waals surface area contributed by atoms with Crippen LogP contribution >= 0.6 is 0 Å². The van der Waals surface area contributed by atoms with Crippen molar-refractivity contribution in [3.05, 3.63) is 29.8 Å². The molecule has 0 spiro atoms. The Hall–Kier alpha value is -1.65. The highest BCUT2D eigenvalue weighted by molar-refractivity contribution is 5.95. The van der Waals surface area contributed by atoms with Gasteiger partial charge in [0.1, 0.15) is 0 Å². The molecule has 0 bridgehead atoms. The summed E-state index contributed by atoms with van der Waals surface area (Å²) in [5, 5.41) is 5.41. The van der Waals surface area contributed by atoms with Gasteiger partial charge < -0.3 is 10.6 Å². The minimum Gasteiger partial charge on any atom is -0.377 e. The van der Waals surface area contributed by atoms with Crippen molar-refractivity contribution in [3.63, 3.8) is 0 Å². The van der Waals surface area contributed by atoms with Crippen LogP contribution in [0.25, 0.3) is 0 Å². The minimum atomic E-state index is -2.45. The summed E-state index contributed by atoms with van der Waals surface area (Å²) < 4.78 is 24.8. The number of benzene rings is 1. The smallest absolute Gasteiger partial charge is 0.258 e. The molecule has 1 aromatic carbocycles. The van der Waals surface area contributed by atoms with E-state index in [2.05, 4.69) is 10.6 Å².